The number of hydrogen-bond donors (Lipinski definition) is 1. The minimum atomic E-state index is -4.76. The number of thiophene rings is 1. The third kappa shape index (κ3) is 4.71. The van der Waals surface area contributed by atoms with Crippen molar-refractivity contribution in [3.63, 3.8) is 0 Å². The van der Waals surface area contributed by atoms with E-state index in [2.05, 4.69) is 15.5 Å². The maximum atomic E-state index is 14.2. The topological polar surface area (TPSA) is 63.6 Å². The van der Waals surface area contributed by atoms with Crippen molar-refractivity contribution >= 4 is 46.2 Å². The summed E-state index contributed by atoms with van der Waals surface area (Å²) in [7, 11) is 0. The zero-order chi connectivity index (χ0) is 23.8. The minimum absolute atomic E-state index is 0.0670. The van der Waals surface area contributed by atoms with Crippen LogP contribution in [0, 0.1) is 6.92 Å². The van der Waals surface area contributed by atoms with Crippen LogP contribution in [0.3, 0.4) is 0 Å². The Balaban J connectivity index is 1.55. The summed E-state index contributed by atoms with van der Waals surface area (Å²) < 4.78 is 42.5. The summed E-state index contributed by atoms with van der Waals surface area (Å²) in [6.45, 7) is 2.04. The number of halogens is 5. The molecule has 172 valence electrons. The molecule has 1 amide bonds. The first kappa shape index (κ1) is 23.5. The summed E-state index contributed by atoms with van der Waals surface area (Å²) in [6.07, 6.45) is -2.26. The van der Waals surface area contributed by atoms with Crippen molar-refractivity contribution in [1.29, 1.82) is 0 Å². The number of nitrogens with zero attached hydrogens (tertiary/aromatic N) is 2. The molecule has 4 rings (SSSR count). The van der Waals surface area contributed by atoms with E-state index >= 15 is 0 Å². The van der Waals surface area contributed by atoms with Crippen LogP contribution >= 0.6 is 34.5 Å². The molecule has 5 nitrogen and oxygen atoms in total. The Kier molecular flexibility index (Phi) is 6.39. The Morgan fingerprint density at radius 2 is 1.85 bits per heavy atom. The SMILES string of the molecule is Cc1cc(C2=NOC(c3cc(Cl)cc(Cl)c3)(C(F)(F)F)C2)sc1CNC(=O)c1ccncc1. The van der Waals surface area contributed by atoms with Gasteiger partial charge >= 0.3 is 6.18 Å². The first-order chi connectivity index (χ1) is 15.6. The molecule has 33 heavy (non-hydrogen) atoms. The van der Waals surface area contributed by atoms with Crippen LogP contribution in [0.2, 0.25) is 10.0 Å². The lowest BCUT2D eigenvalue weighted by Crippen LogP contribution is -2.42. The van der Waals surface area contributed by atoms with Crippen LogP contribution in [0.4, 0.5) is 13.2 Å². The maximum absolute atomic E-state index is 14.2. The quantitative estimate of drug-likeness (QED) is 0.437. The van der Waals surface area contributed by atoms with E-state index in [1.165, 1.54) is 41.9 Å². The van der Waals surface area contributed by atoms with Gasteiger partial charge in [-0.15, -0.1) is 11.3 Å². The summed E-state index contributed by atoms with van der Waals surface area (Å²) >= 11 is 13.1. The van der Waals surface area contributed by atoms with Crippen LogP contribution in [0.25, 0.3) is 0 Å². The van der Waals surface area contributed by atoms with Crippen LogP contribution in [0.1, 0.15) is 37.7 Å². The normalized spacial score (nSPS) is 18.1. The van der Waals surface area contributed by atoms with Crippen molar-refractivity contribution < 1.29 is 22.8 Å². The molecule has 3 heterocycles. The number of aryl methyl sites for hydroxylation is 1. The number of oxime groups is 1. The van der Waals surface area contributed by atoms with E-state index < -0.39 is 18.2 Å². The monoisotopic (exact) mass is 513 g/mol. The summed E-state index contributed by atoms with van der Waals surface area (Å²) in [5.74, 6) is -0.276. The number of amides is 1. The zero-order valence-electron chi connectivity index (χ0n) is 17.0. The van der Waals surface area contributed by atoms with Gasteiger partial charge in [-0.2, -0.15) is 13.2 Å². The van der Waals surface area contributed by atoms with Crippen molar-refractivity contribution in [1.82, 2.24) is 10.3 Å². The molecule has 0 spiro atoms. The lowest BCUT2D eigenvalue weighted by atomic mass is 9.88. The molecule has 0 saturated carbocycles. The highest BCUT2D eigenvalue weighted by atomic mass is 35.5. The van der Waals surface area contributed by atoms with Crippen molar-refractivity contribution in [3.05, 3.63) is 85.3 Å². The van der Waals surface area contributed by atoms with Crippen molar-refractivity contribution in [2.75, 3.05) is 0 Å². The molecule has 0 aliphatic carbocycles. The molecule has 0 saturated heterocycles. The van der Waals surface area contributed by atoms with Gasteiger partial charge in [-0.25, -0.2) is 0 Å². The number of nitrogens with one attached hydrogen (secondary N) is 1. The number of rotatable bonds is 5. The molecule has 1 aromatic carbocycles. The van der Waals surface area contributed by atoms with Gasteiger partial charge < -0.3 is 10.2 Å². The second kappa shape index (κ2) is 8.96. The number of carbonyl (C=O) groups excluding carboxylic acids is 1. The van der Waals surface area contributed by atoms with Crippen molar-refractivity contribution in [3.8, 4) is 0 Å². The maximum Gasteiger partial charge on any atom is 0.435 e. The smallest absolute Gasteiger partial charge is 0.374 e. The predicted molar refractivity (Wildman–Crippen MR) is 121 cm³/mol. The Morgan fingerprint density at radius 3 is 2.48 bits per heavy atom. The molecule has 1 N–H and O–H groups in total. The number of aromatic nitrogens is 1. The van der Waals surface area contributed by atoms with Gasteiger partial charge in [0.05, 0.1) is 17.8 Å². The number of carbonyl (C=O) groups is 1. The standard InChI is InChI=1S/C22H16Cl2F3N3O2S/c1-12-6-18(33-19(12)11-29-20(31)13-2-4-28-5-3-13)17-10-21(32-30-17,22(25,26)27)14-7-15(23)9-16(24)8-14/h2-9H,10-11H2,1H3,(H,29,31). The third-order valence-corrected chi connectivity index (χ3v) is 6.89. The number of hydrogen-bond acceptors (Lipinski definition) is 5. The van der Waals surface area contributed by atoms with E-state index in [4.69, 9.17) is 28.0 Å². The van der Waals surface area contributed by atoms with Crippen LogP contribution in [-0.2, 0) is 17.0 Å². The van der Waals surface area contributed by atoms with Gasteiger partial charge in [0, 0.05) is 38.4 Å². The Morgan fingerprint density at radius 1 is 1.18 bits per heavy atom. The fourth-order valence-electron chi connectivity index (χ4n) is 3.43. The van der Waals surface area contributed by atoms with E-state index in [0.29, 0.717) is 10.4 Å². The summed E-state index contributed by atoms with van der Waals surface area (Å²) in [6, 6.07) is 8.62. The number of benzene rings is 1. The van der Waals surface area contributed by atoms with Crippen LogP contribution in [0.5, 0.6) is 0 Å². The highest BCUT2D eigenvalue weighted by Crippen LogP contribution is 2.50. The van der Waals surface area contributed by atoms with E-state index in [1.54, 1.807) is 18.2 Å². The minimum Gasteiger partial charge on any atom is -0.374 e. The van der Waals surface area contributed by atoms with Gasteiger partial charge in [-0.05, 0) is 48.9 Å². The zero-order valence-corrected chi connectivity index (χ0v) is 19.4. The third-order valence-electron chi connectivity index (χ3n) is 5.17. The van der Waals surface area contributed by atoms with E-state index in [0.717, 1.165) is 10.4 Å². The van der Waals surface area contributed by atoms with E-state index in [-0.39, 0.29) is 33.8 Å². The molecule has 1 atom stereocenters. The Hall–Kier alpha value is -2.62. The van der Waals surface area contributed by atoms with Gasteiger partial charge in [0.15, 0.2) is 0 Å². The predicted octanol–water partition coefficient (Wildman–Crippen LogP) is 6.27. The van der Waals surface area contributed by atoms with Crippen molar-refractivity contribution in [2.24, 2.45) is 5.16 Å². The number of alkyl halides is 3. The Labute approximate surface area is 201 Å². The number of pyridine rings is 1. The van der Waals surface area contributed by atoms with Gasteiger partial charge in [0.25, 0.3) is 11.5 Å². The van der Waals surface area contributed by atoms with E-state index in [1.807, 2.05) is 6.92 Å². The van der Waals surface area contributed by atoms with Crippen molar-refractivity contribution in [2.45, 2.75) is 31.7 Å². The Bertz CT molecular complexity index is 1210. The molecule has 3 aromatic rings. The first-order valence-electron chi connectivity index (χ1n) is 9.65. The highest BCUT2D eigenvalue weighted by Gasteiger charge is 2.62. The second-order valence-corrected chi connectivity index (χ2v) is 9.43. The van der Waals surface area contributed by atoms with Gasteiger partial charge in [-0.1, -0.05) is 28.4 Å². The molecule has 1 aliphatic rings. The summed E-state index contributed by atoms with van der Waals surface area (Å²) in [5, 5.41) is 6.72. The molecular formula is C22H16Cl2F3N3O2S. The van der Waals surface area contributed by atoms with Crippen LogP contribution < -0.4 is 5.32 Å². The van der Waals surface area contributed by atoms with Gasteiger partial charge in [0.2, 0.25) is 0 Å². The van der Waals surface area contributed by atoms with Crippen LogP contribution in [-0.4, -0.2) is 22.8 Å². The van der Waals surface area contributed by atoms with Gasteiger partial charge in [0.1, 0.15) is 5.71 Å². The summed E-state index contributed by atoms with van der Waals surface area (Å²) in [4.78, 5) is 22.5. The fraction of sp³-hybridized carbons (Fsp3) is 0.227. The van der Waals surface area contributed by atoms with E-state index in [9.17, 15) is 18.0 Å². The average molecular weight is 514 g/mol. The molecular weight excluding hydrogens is 498 g/mol. The largest absolute Gasteiger partial charge is 0.435 e. The molecule has 0 radical (unpaired) electrons. The summed E-state index contributed by atoms with van der Waals surface area (Å²) in [5.41, 5.74) is -1.47. The lowest BCUT2D eigenvalue weighted by molar-refractivity contribution is -0.275. The highest BCUT2D eigenvalue weighted by molar-refractivity contribution is 7.14. The van der Waals surface area contributed by atoms with Crippen LogP contribution in [0.15, 0.2) is 53.9 Å². The molecule has 0 bridgehead atoms. The molecule has 1 unspecified atom stereocenters. The second-order valence-electron chi connectivity index (χ2n) is 7.42. The molecule has 0 fully saturated rings. The average Bonchev–Trinajstić information content (AvgIpc) is 3.36. The van der Waals surface area contributed by atoms with Gasteiger partial charge in [-0.3, -0.25) is 9.78 Å². The molecule has 1 aliphatic heterocycles. The fourth-order valence-corrected chi connectivity index (χ4v) is 5.05. The molecule has 2 aromatic heterocycles. The molecule has 11 heteroatoms. The lowest BCUT2D eigenvalue weighted by Gasteiger charge is -2.29. The first-order valence-corrected chi connectivity index (χ1v) is 11.2.